The largest absolute Gasteiger partial charge is 0.465 e. The molecule has 8 aromatic rings. The number of unbranched alkanes of at least 4 members (excludes halogenated alkanes) is 1. The molecule has 0 radical (unpaired) electrons. The zero-order valence-corrected chi connectivity index (χ0v) is 30.7. The van der Waals surface area contributed by atoms with Gasteiger partial charge in [0.05, 0.1) is 13.4 Å². The highest BCUT2D eigenvalue weighted by molar-refractivity contribution is 5.95. The average Bonchev–Trinajstić information content (AvgIpc) is 4.03. The number of hydrogen-bond acceptors (Lipinski definition) is 7. The third-order valence-electron chi connectivity index (χ3n) is 10.0. The number of carbonyl (C=O) groups excluding carboxylic acids is 1. The maximum Gasteiger partial charge on any atom is 0.341 e. The molecule has 0 amide bonds. The lowest BCUT2D eigenvalue weighted by atomic mass is 9.77. The van der Waals surface area contributed by atoms with Crippen molar-refractivity contribution in [1.29, 1.82) is 0 Å². The Kier molecular flexibility index (Phi) is 9.99. The monoisotopic (exact) mass is 724 g/mol. The van der Waals surface area contributed by atoms with Crippen molar-refractivity contribution >= 4 is 5.97 Å². The second-order valence-corrected chi connectivity index (χ2v) is 13.4. The highest BCUT2D eigenvalue weighted by Gasteiger charge is 2.42. The number of carbonyl (C=O) groups is 1. The van der Waals surface area contributed by atoms with Crippen LogP contribution in [0.5, 0.6) is 0 Å². The van der Waals surface area contributed by atoms with E-state index >= 15 is 0 Å². The topological polar surface area (TPSA) is 101 Å². The van der Waals surface area contributed by atoms with Gasteiger partial charge in [0.2, 0.25) is 0 Å². The molecule has 0 N–H and O–H groups in total. The maximum absolute atomic E-state index is 12.6. The molecule has 9 heteroatoms. The van der Waals surface area contributed by atoms with E-state index in [1.165, 1.54) is 13.4 Å². The van der Waals surface area contributed by atoms with Crippen molar-refractivity contribution in [1.82, 2.24) is 29.8 Å². The van der Waals surface area contributed by atoms with Crippen LogP contribution in [-0.4, -0.2) is 42.8 Å². The molecule has 5 aromatic carbocycles. The molecule has 0 atom stereocenters. The molecule has 0 bridgehead atoms. The highest BCUT2D eigenvalue weighted by Crippen LogP contribution is 2.43. The van der Waals surface area contributed by atoms with Gasteiger partial charge in [0.1, 0.15) is 22.6 Å². The van der Waals surface area contributed by atoms with Gasteiger partial charge in [-0.3, -0.25) is 0 Å². The van der Waals surface area contributed by atoms with E-state index in [0.29, 0.717) is 29.4 Å². The number of esters is 1. The van der Waals surface area contributed by atoms with Crippen LogP contribution in [-0.2, 0) is 23.2 Å². The fourth-order valence-electron chi connectivity index (χ4n) is 7.44. The lowest BCUT2D eigenvalue weighted by Gasteiger charge is -2.36. The van der Waals surface area contributed by atoms with Crippen molar-refractivity contribution < 1.29 is 13.9 Å². The summed E-state index contributed by atoms with van der Waals surface area (Å²) in [4.78, 5) is 17.5. The Bertz CT molecular complexity index is 2410. The van der Waals surface area contributed by atoms with Crippen molar-refractivity contribution in [2.75, 3.05) is 7.11 Å². The fraction of sp³-hybridized carbons (Fsp3) is 0.152. The van der Waals surface area contributed by atoms with Gasteiger partial charge in [0.25, 0.3) is 0 Å². The molecular formula is C46H40N6O3. The minimum Gasteiger partial charge on any atom is -0.465 e. The number of ether oxygens (including phenoxy) is 1. The van der Waals surface area contributed by atoms with Gasteiger partial charge >= 0.3 is 5.97 Å². The molecule has 0 fully saturated rings. The van der Waals surface area contributed by atoms with Gasteiger partial charge < -0.3 is 13.7 Å². The molecule has 0 spiro atoms. The summed E-state index contributed by atoms with van der Waals surface area (Å²) >= 11 is 0. The molecule has 0 aliphatic heterocycles. The molecular weight excluding hydrogens is 685 g/mol. The number of tetrazole rings is 1. The standard InChI is InChI=1S/C46H40N6O3/c1-3-4-25-42-47-41(43-39(28-29-55-43)45(53)54-2)32-51(42)31-33-26-27-38(34-17-9-5-10-18-34)40(30-33)44-48-49-50-52(44)46(35-19-11-6-12-20-35,36-21-13-7-14-22-36)37-23-15-8-16-24-37/h5-24,26-30,32H,3-4,25,31H2,1-2H3. The molecule has 0 saturated carbocycles. The molecule has 8 rings (SSSR count). The van der Waals surface area contributed by atoms with Gasteiger partial charge in [-0.25, -0.2) is 14.5 Å². The van der Waals surface area contributed by atoms with Gasteiger partial charge in [-0.05, 0) is 62.4 Å². The second-order valence-electron chi connectivity index (χ2n) is 13.4. The third kappa shape index (κ3) is 6.65. The van der Waals surface area contributed by atoms with E-state index in [1.54, 1.807) is 6.07 Å². The number of imidazole rings is 1. The Labute approximate surface area is 319 Å². The Morgan fingerprint density at radius 1 is 0.764 bits per heavy atom. The minimum atomic E-state index is -0.917. The van der Waals surface area contributed by atoms with Crippen LogP contribution in [0.2, 0.25) is 0 Å². The molecule has 3 heterocycles. The lowest BCUT2D eigenvalue weighted by Crippen LogP contribution is -2.39. The summed E-state index contributed by atoms with van der Waals surface area (Å²) in [5.41, 5.74) is 7.04. The molecule has 55 heavy (non-hydrogen) atoms. The number of benzene rings is 5. The predicted octanol–water partition coefficient (Wildman–Crippen LogP) is 9.48. The van der Waals surface area contributed by atoms with Crippen LogP contribution in [0.15, 0.2) is 162 Å². The summed E-state index contributed by atoms with van der Waals surface area (Å²) in [6, 6.07) is 49.7. The average molecular weight is 725 g/mol. The molecule has 0 saturated heterocycles. The van der Waals surface area contributed by atoms with Crippen LogP contribution in [0.25, 0.3) is 34.0 Å². The number of furan rings is 1. The van der Waals surface area contributed by atoms with Crippen molar-refractivity contribution in [3.63, 3.8) is 0 Å². The highest BCUT2D eigenvalue weighted by atomic mass is 16.5. The summed E-state index contributed by atoms with van der Waals surface area (Å²) in [5.74, 6) is 1.44. The Hall–Kier alpha value is -6.87. The molecule has 3 aromatic heterocycles. The smallest absolute Gasteiger partial charge is 0.341 e. The molecule has 272 valence electrons. The summed E-state index contributed by atoms with van der Waals surface area (Å²) in [6.45, 7) is 2.68. The number of aryl methyl sites for hydroxylation is 1. The Balaban J connectivity index is 1.32. The number of aromatic nitrogens is 6. The van der Waals surface area contributed by atoms with E-state index in [4.69, 9.17) is 24.5 Å². The Morgan fingerprint density at radius 3 is 1.98 bits per heavy atom. The molecule has 0 aliphatic carbocycles. The Morgan fingerprint density at radius 2 is 1.38 bits per heavy atom. The van der Waals surface area contributed by atoms with E-state index in [0.717, 1.165) is 64.0 Å². The summed E-state index contributed by atoms with van der Waals surface area (Å²) in [6.07, 6.45) is 6.19. The van der Waals surface area contributed by atoms with Crippen LogP contribution in [0.3, 0.4) is 0 Å². The van der Waals surface area contributed by atoms with Crippen molar-refractivity contribution in [3.05, 3.63) is 192 Å². The zero-order valence-electron chi connectivity index (χ0n) is 30.7. The number of hydrogen-bond donors (Lipinski definition) is 0. The third-order valence-corrected chi connectivity index (χ3v) is 10.0. The maximum atomic E-state index is 12.6. The summed E-state index contributed by atoms with van der Waals surface area (Å²) < 4.78 is 14.9. The van der Waals surface area contributed by atoms with Gasteiger partial charge in [-0.2, -0.15) is 0 Å². The molecule has 9 nitrogen and oxygen atoms in total. The van der Waals surface area contributed by atoms with Gasteiger partial charge in [-0.1, -0.05) is 147 Å². The van der Waals surface area contributed by atoms with E-state index in [9.17, 15) is 4.79 Å². The predicted molar refractivity (Wildman–Crippen MR) is 212 cm³/mol. The van der Waals surface area contributed by atoms with Gasteiger partial charge in [-0.15, -0.1) is 5.10 Å². The van der Waals surface area contributed by atoms with Crippen LogP contribution in [0.1, 0.15) is 58.2 Å². The van der Waals surface area contributed by atoms with Crippen molar-refractivity contribution in [2.45, 2.75) is 38.3 Å². The number of rotatable bonds is 13. The van der Waals surface area contributed by atoms with E-state index < -0.39 is 11.5 Å². The minimum absolute atomic E-state index is 0.342. The number of nitrogens with zero attached hydrogens (tertiary/aromatic N) is 6. The first-order valence-electron chi connectivity index (χ1n) is 18.5. The van der Waals surface area contributed by atoms with Crippen LogP contribution in [0.4, 0.5) is 0 Å². The zero-order chi connectivity index (χ0) is 37.6. The van der Waals surface area contributed by atoms with Crippen molar-refractivity contribution in [2.24, 2.45) is 0 Å². The van der Waals surface area contributed by atoms with Crippen molar-refractivity contribution in [3.8, 4) is 34.0 Å². The second kappa shape index (κ2) is 15.6. The van der Waals surface area contributed by atoms with Crippen LogP contribution in [0, 0.1) is 0 Å². The number of methoxy groups -OCH3 is 1. The summed E-state index contributed by atoms with van der Waals surface area (Å²) in [7, 11) is 1.36. The van der Waals surface area contributed by atoms with Gasteiger partial charge in [0, 0.05) is 24.7 Å². The quantitative estimate of drug-likeness (QED) is 0.0863. The molecule has 0 aliphatic rings. The van der Waals surface area contributed by atoms with E-state index in [1.807, 2.05) is 47.3 Å². The SMILES string of the molecule is CCCCc1nc(-c2occc2C(=O)OC)cn1Cc1ccc(-c2ccccc2)c(-c2nnnn2C(c2ccccc2)(c2ccccc2)c2ccccc2)c1. The normalized spacial score (nSPS) is 11.5. The van der Waals surface area contributed by atoms with E-state index in [2.05, 4.69) is 120 Å². The van der Waals surface area contributed by atoms with Crippen LogP contribution < -0.4 is 0 Å². The summed E-state index contributed by atoms with van der Waals surface area (Å²) in [5, 5.41) is 14.1. The first kappa shape index (κ1) is 35.2. The first-order chi connectivity index (χ1) is 27.1. The fourth-order valence-corrected chi connectivity index (χ4v) is 7.44. The first-order valence-corrected chi connectivity index (χ1v) is 18.5. The van der Waals surface area contributed by atoms with Crippen LogP contribution >= 0.6 is 0 Å². The molecule has 0 unspecified atom stereocenters. The van der Waals surface area contributed by atoms with Gasteiger partial charge in [0.15, 0.2) is 11.6 Å². The van der Waals surface area contributed by atoms with E-state index in [-0.39, 0.29) is 0 Å². The lowest BCUT2D eigenvalue weighted by molar-refractivity contribution is 0.0601.